The maximum Gasteiger partial charge on any atom is 0.307 e. The minimum atomic E-state index is -1.16. The predicted octanol–water partition coefficient (Wildman–Crippen LogP) is 0.306. The second-order valence-corrected chi connectivity index (χ2v) is 4.62. The van der Waals surface area contributed by atoms with Crippen LogP contribution in [-0.2, 0) is 9.59 Å². The summed E-state index contributed by atoms with van der Waals surface area (Å²) in [7, 11) is 0. The van der Waals surface area contributed by atoms with E-state index in [1.807, 2.05) is 0 Å². The molecule has 0 saturated heterocycles. The van der Waals surface area contributed by atoms with E-state index in [-0.39, 0.29) is 17.7 Å². The summed E-state index contributed by atoms with van der Waals surface area (Å²) >= 11 is 3.13. The van der Waals surface area contributed by atoms with Gasteiger partial charge in [0, 0.05) is 4.83 Å². The first-order valence-electron chi connectivity index (χ1n) is 4.21. The van der Waals surface area contributed by atoms with Crippen molar-refractivity contribution in [2.45, 2.75) is 23.8 Å². The van der Waals surface area contributed by atoms with Gasteiger partial charge in [0.15, 0.2) is 0 Å². The van der Waals surface area contributed by atoms with Crippen molar-refractivity contribution in [1.29, 1.82) is 0 Å². The molecule has 80 valence electrons. The quantitative estimate of drug-likeness (QED) is 0.626. The molecule has 1 rings (SSSR count). The van der Waals surface area contributed by atoms with Gasteiger partial charge in [0.2, 0.25) is 0 Å². The zero-order valence-electron chi connectivity index (χ0n) is 7.26. The molecule has 1 aliphatic rings. The fraction of sp³-hybridized carbons (Fsp3) is 0.750. The Labute approximate surface area is 88.9 Å². The van der Waals surface area contributed by atoms with E-state index in [1.165, 1.54) is 0 Å². The maximum absolute atomic E-state index is 10.8. The van der Waals surface area contributed by atoms with Gasteiger partial charge in [-0.3, -0.25) is 9.59 Å². The highest BCUT2D eigenvalue weighted by Gasteiger charge is 2.42. The van der Waals surface area contributed by atoms with Crippen molar-refractivity contribution < 1.29 is 24.9 Å². The smallest absolute Gasteiger partial charge is 0.307 e. The van der Waals surface area contributed by atoms with Crippen molar-refractivity contribution in [2.24, 2.45) is 11.8 Å². The van der Waals surface area contributed by atoms with E-state index in [0.29, 0.717) is 0 Å². The number of rotatable bonds is 2. The Morgan fingerprint density at radius 2 is 1.50 bits per heavy atom. The highest BCUT2D eigenvalue weighted by atomic mass is 79.9. The van der Waals surface area contributed by atoms with Gasteiger partial charge in [-0.1, -0.05) is 15.9 Å². The van der Waals surface area contributed by atoms with Gasteiger partial charge in [-0.15, -0.1) is 0 Å². The van der Waals surface area contributed by atoms with Crippen LogP contribution in [0.25, 0.3) is 0 Å². The molecule has 0 spiro atoms. The molecular weight excluding hydrogens is 256 g/mol. The predicted molar refractivity (Wildman–Crippen MR) is 50.2 cm³/mol. The van der Waals surface area contributed by atoms with Crippen LogP contribution in [0.3, 0.4) is 0 Å². The third-order valence-corrected chi connectivity index (χ3v) is 3.50. The van der Waals surface area contributed by atoms with Crippen LogP contribution in [0.15, 0.2) is 0 Å². The number of halogens is 1. The Hall–Kier alpha value is -0.620. The van der Waals surface area contributed by atoms with E-state index < -0.39 is 29.9 Å². The molecule has 4 atom stereocenters. The van der Waals surface area contributed by atoms with Gasteiger partial charge in [-0.05, 0) is 12.8 Å². The molecule has 4 unspecified atom stereocenters. The number of aliphatic carboxylic acids is 2. The number of carboxylic acids is 2. The maximum atomic E-state index is 10.8. The minimum Gasteiger partial charge on any atom is -0.481 e. The molecule has 0 aliphatic heterocycles. The summed E-state index contributed by atoms with van der Waals surface area (Å²) in [5.74, 6) is -4.18. The first-order valence-corrected chi connectivity index (χ1v) is 5.12. The van der Waals surface area contributed by atoms with E-state index in [2.05, 4.69) is 15.9 Å². The van der Waals surface area contributed by atoms with Crippen molar-refractivity contribution in [3.8, 4) is 0 Å². The summed E-state index contributed by atoms with van der Waals surface area (Å²) in [6, 6.07) is 0. The monoisotopic (exact) mass is 266 g/mol. The topological polar surface area (TPSA) is 94.8 Å². The summed E-state index contributed by atoms with van der Waals surface area (Å²) in [4.78, 5) is 21.2. The number of carboxylic acid groups (broad SMARTS) is 2. The number of aliphatic hydroxyl groups excluding tert-OH is 1. The number of hydrogen-bond acceptors (Lipinski definition) is 3. The highest BCUT2D eigenvalue weighted by Crippen LogP contribution is 2.34. The molecule has 1 fully saturated rings. The first kappa shape index (κ1) is 11.5. The molecule has 0 bridgehead atoms. The molecule has 6 heteroatoms. The second kappa shape index (κ2) is 4.27. The van der Waals surface area contributed by atoms with Crippen LogP contribution >= 0.6 is 15.9 Å². The van der Waals surface area contributed by atoms with Crippen molar-refractivity contribution >= 4 is 27.9 Å². The molecule has 0 radical (unpaired) electrons. The van der Waals surface area contributed by atoms with Crippen LogP contribution in [0, 0.1) is 11.8 Å². The fourth-order valence-corrected chi connectivity index (χ4v) is 2.30. The highest BCUT2D eigenvalue weighted by molar-refractivity contribution is 9.09. The molecular formula is C8H11BrO5. The van der Waals surface area contributed by atoms with Crippen LogP contribution in [0.2, 0.25) is 0 Å². The molecule has 5 nitrogen and oxygen atoms in total. The number of hydrogen-bond donors (Lipinski definition) is 3. The number of carbonyl (C=O) groups is 2. The molecule has 0 aromatic carbocycles. The van der Waals surface area contributed by atoms with Crippen LogP contribution in [-0.4, -0.2) is 38.2 Å². The van der Waals surface area contributed by atoms with Gasteiger partial charge in [0.25, 0.3) is 0 Å². The van der Waals surface area contributed by atoms with Crippen LogP contribution in [0.5, 0.6) is 0 Å². The van der Waals surface area contributed by atoms with Crippen molar-refractivity contribution in [3.63, 3.8) is 0 Å². The fourth-order valence-electron chi connectivity index (χ4n) is 1.68. The number of aliphatic hydroxyl groups is 1. The molecule has 0 aromatic rings. The van der Waals surface area contributed by atoms with Gasteiger partial charge in [0.1, 0.15) is 0 Å². The molecule has 1 aliphatic carbocycles. The van der Waals surface area contributed by atoms with Crippen LogP contribution in [0.4, 0.5) is 0 Å². The van der Waals surface area contributed by atoms with Gasteiger partial charge in [-0.2, -0.15) is 0 Å². The Morgan fingerprint density at radius 3 is 1.93 bits per heavy atom. The summed E-state index contributed by atoms with van der Waals surface area (Å²) < 4.78 is 0. The van der Waals surface area contributed by atoms with Gasteiger partial charge < -0.3 is 15.3 Å². The van der Waals surface area contributed by atoms with Crippen molar-refractivity contribution in [1.82, 2.24) is 0 Å². The summed E-state index contributed by atoms with van der Waals surface area (Å²) in [5.41, 5.74) is 0. The van der Waals surface area contributed by atoms with Crippen LogP contribution in [0.1, 0.15) is 12.8 Å². The molecule has 0 heterocycles. The zero-order valence-corrected chi connectivity index (χ0v) is 8.85. The largest absolute Gasteiger partial charge is 0.481 e. The van der Waals surface area contributed by atoms with E-state index in [1.54, 1.807) is 0 Å². The van der Waals surface area contributed by atoms with E-state index in [9.17, 15) is 14.7 Å². The SMILES string of the molecule is O=C(O)C1CC(O)C(Br)CC1C(=O)O. The van der Waals surface area contributed by atoms with Crippen molar-refractivity contribution in [3.05, 3.63) is 0 Å². The lowest BCUT2D eigenvalue weighted by Crippen LogP contribution is -2.42. The summed E-state index contributed by atoms with van der Waals surface area (Å²) in [6.07, 6.45) is -0.651. The summed E-state index contributed by atoms with van der Waals surface area (Å²) in [6.45, 7) is 0. The molecule has 1 saturated carbocycles. The Morgan fingerprint density at radius 1 is 1.07 bits per heavy atom. The van der Waals surface area contributed by atoms with E-state index in [4.69, 9.17) is 10.2 Å². The average Bonchev–Trinajstić information content (AvgIpc) is 2.08. The molecule has 3 N–H and O–H groups in total. The standard InChI is InChI=1S/C8H11BrO5/c9-5-1-3(7(11)12)4(8(13)14)2-6(5)10/h3-6,10H,1-2H2,(H,11,12)(H,13,14). The van der Waals surface area contributed by atoms with Gasteiger partial charge in [-0.25, -0.2) is 0 Å². The third-order valence-electron chi connectivity index (χ3n) is 2.51. The Kier molecular flexibility index (Phi) is 3.49. The normalized spacial score (nSPS) is 37.9. The molecule has 0 amide bonds. The van der Waals surface area contributed by atoms with Crippen molar-refractivity contribution in [2.75, 3.05) is 0 Å². The minimum absolute atomic E-state index is 0.0117. The lowest BCUT2D eigenvalue weighted by atomic mass is 9.78. The average molecular weight is 267 g/mol. The third kappa shape index (κ3) is 2.24. The lowest BCUT2D eigenvalue weighted by molar-refractivity contribution is -0.157. The number of alkyl halides is 1. The first-order chi connectivity index (χ1) is 6.43. The van der Waals surface area contributed by atoms with Crippen LogP contribution < -0.4 is 0 Å². The lowest BCUT2D eigenvalue weighted by Gasteiger charge is -2.32. The Balaban J connectivity index is 2.80. The van der Waals surface area contributed by atoms with E-state index in [0.717, 1.165) is 0 Å². The molecule has 14 heavy (non-hydrogen) atoms. The summed E-state index contributed by atoms with van der Waals surface area (Å²) in [5, 5.41) is 27.0. The van der Waals surface area contributed by atoms with E-state index >= 15 is 0 Å². The second-order valence-electron chi connectivity index (χ2n) is 3.44. The molecule has 0 aromatic heterocycles. The Bertz CT molecular complexity index is 228. The van der Waals surface area contributed by atoms with Gasteiger partial charge >= 0.3 is 11.9 Å². The zero-order chi connectivity index (χ0) is 10.9. The van der Waals surface area contributed by atoms with Gasteiger partial charge in [0.05, 0.1) is 17.9 Å².